The minimum atomic E-state index is -0.299. The van der Waals surface area contributed by atoms with Gasteiger partial charge in [0, 0.05) is 25.2 Å². The van der Waals surface area contributed by atoms with Crippen molar-refractivity contribution in [2.75, 3.05) is 18.4 Å². The van der Waals surface area contributed by atoms with Gasteiger partial charge in [-0.05, 0) is 38.8 Å². The normalized spacial score (nSPS) is 16.5. The quantitative estimate of drug-likeness (QED) is 0.923. The first kappa shape index (κ1) is 17.0. The second-order valence-electron chi connectivity index (χ2n) is 6.47. The van der Waals surface area contributed by atoms with Crippen molar-refractivity contribution in [3.05, 3.63) is 51.9 Å². The molecule has 5 nitrogen and oxygen atoms in total. The van der Waals surface area contributed by atoms with E-state index in [1.807, 2.05) is 30.3 Å². The number of nitrogens with one attached hydrogen (secondary N) is 1. The van der Waals surface area contributed by atoms with Gasteiger partial charge in [-0.25, -0.2) is 0 Å². The summed E-state index contributed by atoms with van der Waals surface area (Å²) in [6, 6.07) is 10.2. The largest absolute Gasteiger partial charge is 0.380 e. The van der Waals surface area contributed by atoms with Crippen LogP contribution in [-0.4, -0.2) is 39.9 Å². The molecule has 0 amide bonds. The molecule has 0 bridgehead atoms. The molecule has 6 heteroatoms. The van der Waals surface area contributed by atoms with Gasteiger partial charge in [0.1, 0.15) is 5.02 Å². The van der Waals surface area contributed by atoms with Crippen LogP contribution in [0.1, 0.15) is 26.7 Å². The maximum absolute atomic E-state index is 12.5. The van der Waals surface area contributed by atoms with Crippen LogP contribution >= 0.6 is 11.6 Å². The van der Waals surface area contributed by atoms with Gasteiger partial charge in [0.05, 0.1) is 17.6 Å². The van der Waals surface area contributed by atoms with E-state index in [0.717, 1.165) is 25.9 Å². The Bertz CT molecular complexity index is 736. The van der Waals surface area contributed by atoms with Gasteiger partial charge < -0.3 is 10.2 Å². The molecule has 3 rings (SSSR count). The molecule has 0 atom stereocenters. The summed E-state index contributed by atoms with van der Waals surface area (Å²) in [5.74, 6) is 0. The van der Waals surface area contributed by atoms with Gasteiger partial charge in [-0.1, -0.05) is 29.8 Å². The molecule has 1 aromatic heterocycles. The summed E-state index contributed by atoms with van der Waals surface area (Å²) in [4.78, 5) is 15.0. The monoisotopic (exact) mass is 346 g/mol. The lowest BCUT2D eigenvalue weighted by molar-refractivity contribution is 0.177. The second kappa shape index (κ2) is 7.36. The van der Waals surface area contributed by atoms with Crippen molar-refractivity contribution in [3.8, 4) is 5.69 Å². The molecule has 2 heterocycles. The fourth-order valence-electron chi connectivity index (χ4n) is 3.07. The molecule has 0 unspecified atom stereocenters. The fourth-order valence-corrected chi connectivity index (χ4v) is 3.25. The first-order chi connectivity index (χ1) is 11.6. The number of nitrogens with zero attached hydrogens (tertiary/aromatic N) is 3. The molecular weight excluding hydrogens is 324 g/mol. The Morgan fingerprint density at radius 3 is 2.50 bits per heavy atom. The summed E-state index contributed by atoms with van der Waals surface area (Å²) in [6.07, 6.45) is 3.72. The highest BCUT2D eigenvalue weighted by molar-refractivity contribution is 6.32. The molecule has 24 heavy (non-hydrogen) atoms. The molecule has 128 valence electrons. The predicted octanol–water partition coefficient (Wildman–Crippen LogP) is 3.17. The lowest BCUT2D eigenvalue weighted by Gasteiger charge is -2.35. The summed E-state index contributed by atoms with van der Waals surface area (Å²) in [5, 5.41) is 7.85. The van der Waals surface area contributed by atoms with E-state index >= 15 is 0 Å². The molecule has 2 aromatic rings. The van der Waals surface area contributed by atoms with E-state index in [1.54, 1.807) is 6.20 Å². The summed E-state index contributed by atoms with van der Waals surface area (Å²) >= 11 is 6.30. The number of aromatic nitrogens is 2. The van der Waals surface area contributed by atoms with Crippen LogP contribution in [0.5, 0.6) is 0 Å². The summed E-state index contributed by atoms with van der Waals surface area (Å²) in [6.45, 7) is 6.55. The molecule has 1 saturated heterocycles. The molecule has 1 N–H and O–H groups in total. The van der Waals surface area contributed by atoms with Gasteiger partial charge in [-0.15, -0.1) is 0 Å². The Kier molecular flexibility index (Phi) is 5.21. The Hall–Kier alpha value is -1.85. The van der Waals surface area contributed by atoms with Crippen molar-refractivity contribution in [1.29, 1.82) is 0 Å². The Morgan fingerprint density at radius 1 is 1.21 bits per heavy atom. The van der Waals surface area contributed by atoms with Gasteiger partial charge in [0.25, 0.3) is 5.56 Å². The molecule has 0 aliphatic carbocycles. The number of benzene rings is 1. The number of halogens is 1. The Morgan fingerprint density at radius 2 is 1.88 bits per heavy atom. The fraction of sp³-hybridized carbons (Fsp3) is 0.444. The standard InChI is InChI=1S/C18H23ClN4O/c1-13(2)22-10-8-14(9-11-22)21-16-12-20-23(18(24)17(16)19)15-6-4-3-5-7-15/h3-7,12-14,21H,8-11H2,1-2H3. The molecule has 0 saturated carbocycles. The zero-order chi connectivity index (χ0) is 17.1. The third-order valence-electron chi connectivity index (χ3n) is 4.54. The van der Waals surface area contributed by atoms with E-state index in [0.29, 0.717) is 23.5 Å². The maximum atomic E-state index is 12.5. The van der Waals surface area contributed by atoms with Crippen molar-refractivity contribution in [1.82, 2.24) is 14.7 Å². The van der Waals surface area contributed by atoms with Crippen LogP contribution in [0.2, 0.25) is 5.02 Å². The van der Waals surface area contributed by atoms with Crippen LogP contribution in [0, 0.1) is 0 Å². The number of piperidine rings is 1. The van der Waals surface area contributed by atoms with Gasteiger partial charge in [-0.3, -0.25) is 4.79 Å². The van der Waals surface area contributed by atoms with Crippen molar-refractivity contribution < 1.29 is 0 Å². The minimum absolute atomic E-state index is 0.195. The van der Waals surface area contributed by atoms with Gasteiger partial charge in [-0.2, -0.15) is 9.78 Å². The summed E-state index contributed by atoms with van der Waals surface area (Å²) in [7, 11) is 0. The topological polar surface area (TPSA) is 50.2 Å². The van der Waals surface area contributed by atoms with E-state index in [4.69, 9.17) is 11.6 Å². The van der Waals surface area contributed by atoms with E-state index in [2.05, 4.69) is 29.2 Å². The van der Waals surface area contributed by atoms with E-state index in [-0.39, 0.29) is 10.6 Å². The number of hydrogen-bond donors (Lipinski definition) is 1. The van der Waals surface area contributed by atoms with Crippen LogP contribution in [0.15, 0.2) is 41.3 Å². The zero-order valence-electron chi connectivity index (χ0n) is 14.1. The minimum Gasteiger partial charge on any atom is -0.380 e. The number of hydrogen-bond acceptors (Lipinski definition) is 4. The lowest BCUT2D eigenvalue weighted by atomic mass is 10.0. The van der Waals surface area contributed by atoms with E-state index in [9.17, 15) is 4.79 Å². The molecule has 0 spiro atoms. The van der Waals surface area contributed by atoms with Crippen LogP contribution in [0.3, 0.4) is 0 Å². The van der Waals surface area contributed by atoms with Crippen molar-refractivity contribution in [3.63, 3.8) is 0 Å². The highest BCUT2D eigenvalue weighted by atomic mass is 35.5. The maximum Gasteiger partial charge on any atom is 0.292 e. The van der Waals surface area contributed by atoms with Crippen LogP contribution in [-0.2, 0) is 0 Å². The lowest BCUT2D eigenvalue weighted by Crippen LogP contribution is -2.42. The average Bonchev–Trinajstić information content (AvgIpc) is 2.60. The Balaban J connectivity index is 1.74. The smallest absolute Gasteiger partial charge is 0.292 e. The first-order valence-corrected chi connectivity index (χ1v) is 8.78. The highest BCUT2D eigenvalue weighted by Gasteiger charge is 2.22. The third kappa shape index (κ3) is 3.62. The second-order valence-corrected chi connectivity index (χ2v) is 6.85. The number of para-hydroxylation sites is 1. The average molecular weight is 347 g/mol. The third-order valence-corrected chi connectivity index (χ3v) is 4.90. The van der Waals surface area contributed by atoms with E-state index in [1.165, 1.54) is 4.68 Å². The van der Waals surface area contributed by atoms with Gasteiger partial charge in [0.15, 0.2) is 0 Å². The van der Waals surface area contributed by atoms with Crippen molar-refractivity contribution in [2.45, 2.75) is 38.8 Å². The zero-order valence-corrected chi connectivity index (χ0v) is 14.8. The first-order valence-electron chi connectivity index (χ1n) is 8.40. The van der Waals surface area contributed by atoms with Crippen LogP contribution in [0.4, 0.5) is 5.69 Å². The van der Waals surface area contributed by atoms with Gasteiger partial charge in [0.2, 0.25) is 0 Å². The van der Waals surface area contributed by atoms with Crippen LogP contribution in [0.25, 0.3) is 5.69 Å². The SMILES string of the molecule is CC(C)N1CCC(Nc2cnn(-c3ccccc3)c(=O)c2Cl)CC1. The summed E-state index contributed by atoms with van der Waals surface area (Å²) in [5.41, 5.74) is 1.03. The number of rotatable bonds is 4. The van der Waals surface area contributed by atoms with Gasteiger partial charge >= 0.3 is 0 Å². The molecule has 1 aliphatic rings. The van der Waals surface area contributed by atoms with Crippen molar-refractivity contribution >= 4 is 17.3 Å². The number of likely N-dealkylation sites (tertiary alicyclic amines) is 1. The van der Waals surface area contributed by atoms with E-state index < -0.39 is 0 Å². The molecule has 1 fully saturated rings. The summed E-state index contributed by atoms with van der Waals surface area (Å²) < 4.78 is 1.33. The Labute approximate surface area is 147 Å². The highest BCUT2D eigenvalue weighted by Crippen LogP contribution is 2.22. The predicted molar refractivity (Wildman–Crippen MR) is 98.2 cm³/mol. The molecule has 0 radical (unpaired) electrons. The van der Waals surface area contributed by atoms with Crippen LogP contribution < -0.4 is 10.9 Å². The molecule has 1 aromatic carbocycles. The van der Waals surface area contributed by atoms with Crippen molar-refractivity contribution in [2.24, 2.45) is 0 Å². The number of anilines is 1. The molecule has 1 aliphatic heterocycles. The molecular formula is C18H23ClN4O.